The average Bonchev–Trinajstić information content (AvgIpc) is 2.89. The Morgan fingerprint density at radius 2 is 1.67 bits per heavy atom. The van der Waals surface area contributed by atoms with Gasteiger partial charge in [-0.05, 0) is 45.2 Å². The number of aromatic nitrogens is 2. The van der Waals surface area contributed by atoms with Gasteiger partial charge >= 0.3 is 0 Å². The van der Waals surface area contributed by atoms with E-state index in [2.05, 4.69) is 62.9 Å². The van der Waals surface area contributed by atoms with Gasteiger partial charge in [-0.1, -0.05) is 30.3 Å². The van der Waals surface area contributed by atoms with Crippen molar-refractivity contribution in [2.24, 2.45) is 0 Å². The van der Waals surface area contributed by atoms with Gasteiger partial charge in [-0.15, -0.1) is 11.3 Å². The molecule has 24 heavy (non-hydrogen) atoms. The molecule has 3 rings (SSSR count). The molecule has 0 radical (unpaired) electrons. The van der Waals surface area contributed by atoms with Crippen LogP contribution in [0.4, 0.5) is 5.82 Å². The molecule has 0 fully saturated rings. The molecule has 4 heteroatoms. The predicted octanol–water partition coefficient (Wildman–Crippen LogP) is 4.94. The number of hydrogen-bond acceptors (Lipinski definition) is 4. The maximum absolute atomic E-state index is 4.95. The third-order valence-electron chi connectivity index (χ3n) is 4.60. The van der Waals surface area contributed by atoms with E-state index < -0.39 is 0 Å². The number of aryl methyl sites for hydroxylation is 4. The summed E-state index contributed by atoms with van der Waals surface area (Å²) in [4.78, 5) is 14.6. The lowest BCUT2D eigenvalue weighted by molar-refractivity contribution is 0.817. The van der Waals surface area contributed by atoms with E-state index in [0.717, 1.165) is 42.4 Å². The number of thiophene rings is 1. The highest BCUT2D eigenvalue weighted by Gasteiger charge is 2.17. The summed E-state index contributed by atoms with van der Waals surface area (Å²) in [5.74, 6) is 2.06. The van der Waals surface area contributed by atoms with Crippen LogP contribution in [-0.4, -0.2) is 23.1 Å². The lowest BCUT2D eigenvalue weighted by atomic mass is 10.1. The van der Waals surface area contributed by atoms with Crippen molar-refractivity contribution in [2.75, 3.05) is 18.0 Å². The first-order chi connectivity index (χ1) is 11.6. The molecule has 0 saturated heterocycles. The molecule has 0 aliphatic carbocycles. The fourth-order valence-electron chi connectivity index (χ4n) is 3.04. The molecule has 0 atom stereocenters. The average molecular weight is 340 g/mol. The monoisotopic (exact) mass is 339 g/mol. The molecule has 0 amide bonds. The topological polar surface area (TPSA) is 29.0 Å². The van der Waals surface area contributed by atoms with Crippen molar-refractivity contribution in [1.82, 2.24) is 9.97 Å². The molecule has 3 aromatic rings. The Kier molecular flexibility index (Phi) is 5.14. The minimum atomic E-state index is 0.879. The molecular formula is C20H25N3S. The zero-order valence-electron chi connectivity index (χ0n) is 15.0. The SMILES string of the molecule is CCN(CC)c1nc(CCc2ccccc2)nc2sc(C)c(C)c12. The zero-order chi connectivity index (χ0) is 17.1. The van der Waals surface area contributed by atoms with E-state index in [0.29, 0.717) is 0 Å². The quantitative estimate of drug-likeness (QED) is 0.637. The van der Waals surface area contributed by atoms with Crippen molar-refractivity contribution in [3.8, 4) is 0 Å². The Morgan fingerprint density at radius 3 is 2.33 bits per heavy atom. The lowest BCUT2D eigenvalue weighted by Gasteiger charge is -2.21. The van der Waals surface area contributed by atoms with Crippen LogP contribution >= 0.6 is 11.3 Å². The molecular weight excluding hydrogens is 314 g/mol. The second kappa shape index (κ2) is 7.31. The van der Waals surface area contributed by atoms with Crippen molar-refractivity contribution in [3.63, 3.8) is 0 Å². The Labute approximate surface area is 148 Å². The first kappa shape index (κ1) is 16.9. The van der Waals surface area contributed by atoms with E-state index in [4.69, 9.17) is 9.97 Å². The van der Waals surface area contributed by atoms with E-state index >= 15 is 0 Å². The van der Waals surface area contributed by atoms with Gasteiger partial charge in [-0.25, -0.2) is 9.97 Å². The molecule has 2 aromatic heterocycles. The fraction of sp³-hybridized carbons (Fsp3) is 0.400. The fourth-order valence-corrected chi connectivity index (χ4v) is 4.08. The normalized spacial score (nSPS) is 11.2. The summed E-state index contributed by atoms with van der Waals surface area (Å²) in [5, 5.41) is 1.24. The van der Waals surface area contributed by atoms with Crippen LogP contribution in [0.15, 0.2) is 30.3 Å². The molecule has 0 N–H and O–H groups in total. The van der Waals surface area contributed by atoms with Gasteiger partial charge in [-0.2, -0.15) is 0 Å². The van der Waals surface area contributed by atoms with Crippen molar-refractivity contribution < 1.29 is 0 Å². The summed E-state index contributed by atoms with van der Waals surface area (Å²) in [6.45, 7) is 10.7. The molecule has 0 saturated carbocycles. The number of hydrogen-bond donors (Lipinski definition) is 0. The number of benzene rings is 1. The van der Waals surface area contributed by atoms with E-state index in [1.165, 1.54) is 21.4 Å². The molecule has 1 aromatic carbocycles. The number of nitrogens with zero attached hydrogens (tertiary/aromatic N) is 3. The third-order valence-corrected chi connectivity index (χ3v) is 5.70. The van der Waals surface area contributed by atoms with Crippen molar-refractivity contribution in [3.05, 3.63) is 52.2 Å². The van der Waals surface area contributed by atoms with Crippen LogP contribution in [0.3, 0.4) is 0 Å². The number of anilines is 1. The largest absolute Gasteiger partial charge is 0.357 e. The Hall–Kier alpha value is -1.94. The third kappa shape index (κ3) is 3.29. The predicted molar refractivity (Wildman–Crippen MR) is 104 cm³/mol. The maximum atomic E-state index is 4.95. The van der Waals surface area contributed by atoms with Crippen LogP contribution in [0.2, 0.25) is 0 Å². The highest BCUT2D eigenvalue weighted by atomic mass is 32.1. The lowest BCUT2D eigenvalue weighted by Crippen LogP contribution is -2.24. The summed E-state index contributed by atoms with van der Waals surface area (Å²) >= 11 is 1.79. The van der Waals surface area contributed by atoms with Crippen LogP contribution in [-0.2, 0) is 12.8 Å². The second-order valence-corrected chi connectivity index (χ2v) is 7.29. The maximum Gasteiger partial charge on any atom is 0.141 e. The smallest absolute Gasteiger partial charge is 0.141 e. The highest BCUT2D eigenvalue weighted by molar-refractivity contribution is 7.18. The standard InChI is InChI=1S/C20H25N3S/c1-5-23(6-2)19-18-14(3)15(4)24-20(18)22-17(21-19)13-12-16-10-8-7-9-11-16/h7-11H,5-6,12-13H2,1-4H3. The van der Waals surface area contributed by atoms with Gasteiger partial charge in [0.05, 0.1) is 5.39 Å². The summed E-state index contributed by atoms with van der Waals surface area (Å²) in [6.07, 6.45) is 1.86. The van der Waals surface area contributed by atoms with E-state index in [1.54, 1.807) is 11.3 Å². The van der Waals surface area contributed by atoms with Gasteiger partial charge in [0.1, 0.15) is 16.5 Å². The van der Waals surface area contributed by atoms with Crippen LogP contribution in [0.1, 0.15) is 35.7 Å². The van der Waals surface area contributed by atoms with Crippen molar-refractivity contribution >= 4 is 27.4 Å². The van der Waals surface area contributed by atoms with E-state index in [9.17, 15) is 0 Å². The molecule has 0 spiro atoms. The molecule has 2 heterocycles. The minimum Gasteiger partial charge on any atom is -0.357 e. The van der Waals surface area contributed by atoms with Gasteiger partial charge < -0.3 is 4.90 Å². The zero-order valence-corrected chi connectivity index (χ0v) is 15.8. The van der Waals surface area contributed by atoms with Gasteiger partial charge in [-0.3, -0.25) is 0 Å². The minimum absolute atomic E-state index is 0.879. The van der Waals surface area contributed by atoms with Gasteiger partial charge in [0.15, 0.2) is 0 Å². The molecule has 0 aliphatic heterocycles. The Bertz CT molecular complexity index is 820. The van der Waals surface area contributed by atoms with E-state index in [1.807, 2.05) is 0 Å². The van der Waals surface area contributed by atoms with Crippen LogP contribution < -0.4 is 4.90 Å². The number of fused-ring (bicyclic) bond motifs is 1. The Morgan fingerprint density at radius 1 is 0.958 bits per heavy atom. The van der Waals surface area contributed by atoms with Crippen molar-refractivity contribution in [2.45, 2.75) is 40.5 Å². The van der Waals surface area contributed by atoms with Gasteiger partial charge in [0.25, 0.3) is 0 Å². The molecule has 3 nitrogen and oxygen atoms in total. The van der Waals surface area contributed by atoms with Crippen LogP contribution in [0.25, 0.3) is 10.2 Å². The van der Waals surface area contributed by atoms with Crippen LogP contribution in [0, 0.1) is 13.8 Å². The summed E-state index contributed by atoms with van der Waals surface area (Å²) in [7, 11) is 0. The molecule has 126 valence electrons. The highest BCUT2D eigenvalue weighted by Crippen LogP contribution is 2.35. The molecule has 0 unspecified atom stereocenters. The number of rotatable bonds is 6. The first-order valence-corrected chi connectivity index (χ1v) is 9.51. The van der Waals surface area contributed by atoms with Crippen molar-refractivity contribution in [1.29, 1.82) is 0 Å². The summed E-state index contributed by atoms with van der Waals surface area (Å²) in [5.41, 5.74) is 2.66. The van der Waals surface area contributed by atoms with Gasteiger partial charge in [0.2, 0.25) is 0 Å². The van der Waals surface area contributed by atoms with Crippen LogP contribution in [0.5, 0.6) is 0 Å². The summed E-state index contributed by atoms with van der Waals surface area (Å²) in [6, 6.07) is 10.6. The first-order valence-electron chi connectivity index (χ1n) is 8.69. The van der Waals surface area contributed by atoms with Gasteiger partial charge in [0, 0.05) is 24.4 Å². The summed E-state index contributed by atoms with van der Waals surface area (Å²) < 4.78 is 0. The Balaban J connectivity index is 2.00. The molecule has 0 aliphatic rings. The van der Waals surface area contributed by atoms with E-state index in [-0.39, 0.29) is 0 Å². The molecule has 0 bridgehead atoms. The second-order valence-electron chi connectivity index (χ2n) is 6.08.